The molecule has 7 heteroatoms. The van der Waals surface area contributed by atoms with Gasteiger partial charge in [-0.3, -0.25) is 4.79 Å². The molecule has 1 saturated carbocycles. The molecular formula is C25H32ClNO4S. The second-order valence-corrected chi connectivity index (χ2v) is 10.9. The molecule has 1 fully saturated rings. The summed E-state index contributed by atoms with van der Waals surface area (Å²) in [6.45, 7) is 0. The molecule has 0 amide bonds. The van der Waals surface area contributed by atoms with Crippen LogP contribution in [-0.2, 0) is 21.2 Å². The predicted molar refractivity (Wildman–Crippen MR) is 127 cm³/mol. The Balaban J connectivity index is 1.78. The molecule has 3 rings (SSSR count). The van der Waals surface area contributed by atoms with Crippen molar-refractivity contribution >= 4 is 27.6 Å². The lowest BCUT2D eigenvalue weighted by atomic mass is 9.89. The van der Waals surface area contributed by atoms with E-state index in [0.29, 0.717) is 23.8 Å². The van der Waals surface area contributed by atoms with Crippen molar-refractivity contribution in [2.24, 2.45) is 5.92 Å². The number of carboxylic acid groups (broad SMARTS) is 1. The molecule has 0 radical (unpaired) electrons. The minimum Gasteiger partial charge on any atom is -0.481 e. The molecule has 2 aromatic carbocycles. The molecule has 2 aromatic rings. The van der Waals surface area contributed by atoms with E-state index in [4.69, 9.17) is 16.7 Å². The van der Waals surface area contributed by atoms with Crippen LogP contribution in [0.2, 0.25) is 5.02 Å². The Bertz CT molecular complexity index is 966. The van der Waals surface area contributed by atoms with Gasteiger partial charge < -0.3 is 5.11 Å². The third-order valence-electron chi connectivity index (χ3n) is 6.20. The summed E-state index contributed by atoms with van der Waals surface area (Å²) in [6.07, 6.45) is 9.36. The number of benzene rings is 2. The number of nitrogens with one attached hydrogen (secondary N) is 1. The van der Waals surface area contributed by atoms with E-state index in [9.17, 15) is 13.2 Å². The fourth-order valence-corrected chi connectivity index (χ4v) is 5.78. The van der Waals surface area contributed by atoms with E-state index in [1.807, 2.05) is 24.3 Å². The van der Waals surface area contributed by atoms with Crippen LogP contribution in [0.3, 0.4) is 0 Å². The smallest absolute Gasteiger partial charge is 0.303 e. The molecule has 1 aliphatic rings. The van der Waals surface area contributed by atoms with Gasteiger partial charge in [0, 0.05) is 17.5 Å². The molecule has 1 aliphatic carbocycles. The van der Waals surface area contributed by atoms with Gasteiger partial charge in [0.2, 0.25) is 10.0 Å². The highest BCUT2D eigenvalue weighted by Crippen LogP contribution is 2.32. The zero-order valence-corrected chi connectivity index (χ0v) is 19.9. The average molecular weight is 478 g/mol. The molecular weight excluding hydrogens is 446 g/mol. The fourth-order valence-electron chi connectivity index (χ4n) is 4.41. The zero-order chi connectivity index (χ0) is 23.0. The van der Waals surface area contributed by atoms with Crippen LogP contribution in [0.5, 0.6) is 0 Å². The molecule has 32 heavy (non-hydrogen) atoms. The summed E-state index contributed by atoms with van der Waals surface area (Å²) < 4.78 is 29.1. The molecule has 174 valence electrons. The minimum atomic E-state index is -3.69. The third-order valence-corrected chi connectivity index (χ3v) is 7.94. The van der Waals surface area contributed by atoms with E-state index in [-0.39, 0.29) is 17.4 Å². The Hall–Kier alpha value is -1.89. The van der Waals surface area contributed by atoms with Crippen LogP contribution in [0.4, 0.5) is 0 Å². The highest BCUT2D eigenvalue weighted by atomic mass is 35.5. The number of sulfonamides is 1. The number of rotatable bonds is 10. The van der Waals surface area contributed by atoms with Crippen molar-refractivity contribution in [3.05, 3.63) is 64.7 Å². The Kier molecular flexibility index (Phi) is 9.14. The zero-order valence-electron chi connectivity index (χ0n) is 18.3. The maximum Gasteiger partial charge on any atom is 0.303 e. The van der Waals surface area contributed by atoms with Crippen molar-refractivity contribution in [1.82, 2.24) is 4.72 Å². The van der Waals surface area contributed by atoms with Crippen molar-refractivity contribution in [2.45, 2.75) is 75.1 Å². The van der Waals surface area contributed by atoms with E-state index < -0.39 is 16.0 Å². The molecule has 0 spiro atoms. The fraction of sp³-hybridized carbons (Fsp3) is 0.480. The normalized spacial score (nSPS) is 16.4. The van der Waals surface area contributed by atoms with Gasteiger partial charge >= 0.3 is 5.97 Å². The van der Waals surface area contributed by atoms with Crippen molar-refractivity contribution < 1.29 is 18.3 Å². The van der Waals surface area contributed by atoms with Crippen LogP contribution in [-0.4, -0.2) is 19.5 Å². The summed E-state index contributed by atoms with van der Waals surface area (Å²) in [5.74, 6) is -0.299. The molecule has 1 atom stereocenters. The van der Waals surface area contributed by atoms with Crippen LogP contribution in [0.15, 0.2) is 53.4 Å². The summed E-state index contributed by atoms with van der Waals surface area (Å²) in [5.41, 5.74) is 2.00. The van der Waals surface area contributed by atoms with Gasteiger partial charge in [0.15, 0.2) is 0 Å². The SMILES string of the molecule is O=C(O)CCCc1ccc(C(CC2CCCCCC2)NS(=O)(=O)c2ccc(Cl)cc2)cc1. The lowest BCUT2D eigenvalue weighted by Gasteiger charge is -2.24. The molecule has 0 aliphatic heterocycles. The molecule has 5 nitrogen and oxygen atoms in total. The standard InChI is InChI=1S/C25H32ClNO4S/c26-22-14-16-23(17-15-22)32(30,31)27-24(18-20-6-3-1-2-4-7-20)21-12-10-19(11-13-21)8-5-9-25(28)29/h10-17,20,24,27H,1-9,18H2,(H,28,29). The number of aliphatic carboxylic acids is 1. The number of halogens is 1. The first-order valence-corrected chi connectivity index (χ1v) is 13.3. The summed E-state index contributed by atoms with van der Waals surface area (Å²) in [4.78, 5) is 10.9. The Morgan fingerprint density at radius 3 is 2.22 bits per heavy atom. The Morgan fingerprint density at radius 1 is 1.00 bits per heavy atom. The predicted octanol–water partition coefficient (Wildman–Crippen LogP) is 6.13. The van der Waals surface area contributed by atoms with Gasteiger partial charge in [-0.25, -0.2) is 13.1 Å². The quantitative estimate of drug-likeness (QED) is 0.403. The Morgan fingerprint density at radius 2 is 1.62 bits per heavy atom. The molecule has 1 unspecified atom stereocenters. The van der Waals surface area contributed by atoms with Crippen LogP contribution >= 0.6 is 11.6 Å². The van der Waals surface area contributed by atoms with E-state index in [1.54, 1.807) is 12.1 Å². The third kappa shape index (κ3) is 7.61. The van der Waals surface area contributed by atoms with E-state index >= 15 is 0 Å². The maximum absolute atomic E-state index is 13.1. The molecule has 0 heterocycles. The summed E-state index contributed by atoms with van der Waals surface area (Å²) in [6, 6.07) is 13.8. The first kappa shape index (κ1) is 24.7. The van der Waals surface area contributed by atoms with Gasteiger partial charge in [0.25, 0.3) is 0 Å². The molecule has 2 N–H and O–H groups in total. The lowest BCUT2D eigenvalue weighted by molar-refractivity contribution is -0.137. The van der Waals surface area contributed by atoms with E-state index in [1.165, 1.54) is 37.8 Å². The number of aryl methyl sites for hydroxylation is 1. The Labute approximate surface area is 196 Å². The highest BCUT2D eigenvalue weighted by molar-refractivity contribution is 7.89. The first-order chi connectivity index (χ1) is 15.3. The second kappa shape index (κ2) is 11.8. The van der Waals surface area contributed by atoms with Crippen LogP contribution in [0, 0.1) is 5.92 Å². The monoisotopic (exact) mass is 477 g/mol. The summed E-state index contributed by atoms with van der Waals surface area (Å²) >= 11 is 5.93. The molecule has 0 saturated heterocycles. The number of carbonyl (C=O) groups is 1. The molecule has 0 aromatic heterocycles. The largest absolute Gasteiger partial charge is 0.481 e. The van der Waals surface area contributed by atoms with Crippen molar-refractivity contribution in [1.29, 1.82) is 0 Å². The van der Waals surface area contributed by atoms with Crippen LogP contribution in [0.25, 0.3) is 0 Å². The number of carboxylic acids is 1. The van der Waals surface area contributed by atoms with Crippen LogP contribution in [0.1, 0.15) is 75.0 Å². The van der Waals surface area contributed by atoms with Gasteiger partial charge in [0.05, 0.1) is 4.90 Å². The van der Waals surface area contributed by atoms with Gasteiger partial charge in [-0.1, -0.05) is 74.4 Å². The first-order valence-electron chi connectivity index (χ1n) is 11.4. The topological polar surface area (TPSA) is 83.5 Å². The average Bonchev–Trinajstić information content (AvgIpc) is 3.02. The van der Waals surface area contributed by atoms with Gasteiger partial charge in [0.1, 0.15) is 0 Å². The van der Waals surface area contributed by atoms with Gasteiger partial charge in [-0.05, 0) is 60.6 Å². The van der Waals surface area contributed by atoms with Crippen molar-refractivity contribution in [3.8, 4) is 0 Å². The van der Waals surface area contributed by atoms with Crippen LogP contribution < -0.4 is 4.72 Å². The van der Waals surface area contributed by atoms with Crippen molar-refractivity contribution in [2.75, 3.05) is 0 Å². The molecule has 0 bridgehead atoms. The minimum absolute atomic E-state index is 0.146. The van der Waals surface area contributed by atoms with E-state index in [0.717, 1.165) is 30.4 Å². The number of hydrogen-bond acceptors (Lipinski definition) is 3. The highest BCUT2D eigenvalue weighted by Gasteiger charge is 2.25. The summed E-state index contributed by atoms with van der Waals surface area (Å²) in [5, 5.41) is 9.33. The maximum atomic E-state index is 13.1. The summed E-state index contributed by atoms with van der Waals surface area (Å²) in [7, 11) is -3.69. The van der Waals surface area contributed by atoms with E-state index in [2.05, 4.69) is 4.72 Å². The second-order valence-electron chi connectivity index (χ2n) is 8.71. The van der Waals surface area contributed by atoms with Gasteiger partial charge in [-0.15, -0.1) is 0 Å². The van der Waals surface area contributed by atoms with Gasteiger partial charge in [-0.2, -0.15) is 0 Å². The lowest BCUT2D eigenvalue weighted by Crippen LogP contribution is -2.30. The van der Waals surface area contributed by atoms with Crippen molar-refractivity contribution in [3.63, 3.8) is 0 Å². The number of hydrogen-bond donors (Lipinski definition) is 2.